The van der Waals surface area contributed by atoms with Crippen molar-refractivity contribution < 1.29 is 18.3 Å². The van der Waals surface area contributed by atoms with E-state index in [2.05, 4.69) is 0 Å². The molecule has 3 nitrogen and oxygen atoms in total. The van der Waals surface area contributed by atoms with Gasteiger partial charge in [-0.1, -0.05) is 0 Å². The van der Waals surface area contributed by atoms with Crippen LogP contribution in [0.5, 0.6) is 11.5 Å². The molecule has 2 aromatic rings. The summed E-state index contributed by atoms with van der Waals surface area (Å²) < 4.78 is 37.6. The molecule has 0 radical (unpaired) electrons. The lowest BCUT2D eigenvalue weighted by atomic mass is 10.2. The fourth-order valence-electron chi connectivity index (χ4n) is 1.71. The average Bonchev–Trinajstić information content (AvgIpc) is 2.42. The maximum atomic E-state index is 13.7. The predicted molar refractivity (Wildman–Crippen MR) is 72.8 cm³/mol. The van der Waals surface area contributed by atoms with Gasteiger partial charge in [0.25, 0.3) is 0 Å². The lowest BCUT2D eigenvalue weighted by Gasteiger charge is -2.11. The van der Waals surface area contributed by atoms with Crippen molar-refractivity contribution in [3.8, 4) is 11.5 Å². The third-order valence-corrected chi connectivity index (χ3v) is 2.96. The van der Waals surface area contributed by atoms with Gasteiger partial charge in [0.1, 0.15) is 18.2 Å². The Labute approximate surface area is 115 Å². The Balaban J connectivity index is 2.15. The third kappa shape index (κ3) is 2.99. The van der Waals surface area contributed by atoms with E-state index in [0.717, 1.165) is 0 Å². The molecule has 0 amide bonds. The lowest BCUT2D eigenvalue weighted by molar-refractivity contribution is 0.284. The van der Waals surface area contributed by atoms with Gasteiger partial charge in [-0.05, 0) is 30.7 Å². The molecule has 0 bridgehead atoms. The summed E-state index contributed by atoms with van der Waals surface area (Å²) >= 11 is 0. The highest BCUT2D eigenvalue weighted by Gasteiger charge is 2.09. The summed E-state index contributed by atoms with van der Waals surface area (Å²) in [6, 6.07) is 7.09. The Kier molecular flexibility index (Phi) is 4.08. The van der Waals surface area contributed by atoms with Crippen LogP contribution in [0.2, 0.25) is 0 Å². The first kappa shape index (κ1) is 14.1. The van der Waals surface area contributed by atoms with E-state index in [9.17, 15) is 8.78 Å². The Hall–Kier alpha value is -2.30. The van der Waals surface area contributed by atoms with Crippen molar-refractivity contribution in [3.63, 3.8) is 0 Å². The second-order valence-corrected chi connectivity index (χ2v) is 4.39. The van der Waals surface area contributed by atoms with Gasteiger partial charge in [-0.3, -0.25) is 0 Å². The molecule has 0 aliphatic rings. The van der Waals surface area contributed by atoms with Gasteiger partial charge in [-0.15, -0.1) is 0 Å². The van der Waals surface area contributed by atoms with Gasteiger partial charge in [-0.25, -0.2) is 8.78 Å². The number of rotatable bonds is 4. The summed E-state index contributed by atoms with van der Waals surface area (Å²) in [7, 11) is 1.46. The van der Waals surface area contributed by atoms with Crippen LogP contribution in [-0.4, -0.2) is 7.11 Å². The topological polar surface area (TPSA) is 44.5 Å². The third-order valence-electron chi connectivity index (χ3n) is 2.96. The molecule has 20 heavy (non-hydrogen) atoms. The molecule has 0 saturated carbocycles. The zero-order chi connectivity index (χ0) is 14.7. The first-order chi connectivity index (χ1) is 9.51. The van der Waals surface area contributed by atoms with E-state index >= 15 is 0 Å². The van der Waals surface area contributed by atoms with E-state index in [1.54, 1.807) is 13.0 Å². The van der Waals surface area contributed by atoms with E-state index < -0.39 is 11.6 Å². The van der Waals surface area contributed by atoms with Crippen LogP contribution in [0.1, 0.15) is 11.1 Å². The highest BCUT2D eigenvalue weighted by atomic mass is 19.1. The number of benzene rings is 2. The van der Waals surface area contributed by atoms with Crippen LogP contribution >= 0.6 is 0 Å². The van der Waals surface area contributed by atoms with Crippen LogP contribution in [-0.2, 0) is 6.61 Å². The van der Waals surface area contributed by atoms with Crippen molar-refractivity contribution in [2.75, 3.05) is 12.8 Å². The molecule has 0 aromatic heterocycles. The normalized spacial score (nSPS) is 10.4. The van der Waals surface area contributed by atoms with Crippen molar-refractivity contribution in [1.82, 2.24) is 0 Å². The molecular weight excluding hydrogens is 264 g/mol. The molecule has 0 spiro atoms. The number of ether oxygens (including phenoxy) is 2. The molecule has 2 rings (SSSR count). The zero-order valence-electron chi connectivity index (χ0n) is 11.2. The van der Waals surface area contributed by atoms with Crippen LogP contribution in [0.3, 0.4) is 0 Å². The van der Waals surface area contributed by atoms with Gasteiger partial charge in [-0.2, -0.15) is 0 Å². The minimum Gasteiger partial charge on any atom is -0.497 e. The number of anilines is 1. The fourth-order valence-corrected chi connectivity index (χ4v) is 1.71. The number of aryl methyl sites for hydroxylation is 1. The highest BCUT2D eigenvalue weighted by Crippen LogP contribution is 2.25. The molecule has 0 aliphatic heterocycles. The molecule has 106 valence electrons. The number of nitrogen functional groups attached to an aromatic ring is 1. The minimum atomic E-state index is -0.568. The number of halogens is 2. The SMILES string of the molecule is COc1ccc(COc2cc(C)c(N)cc2F)c(F)c1. The van der Waals surface area contributed by atoms with Crippen molar-refractivity contribution in [1.29, 1.82) is 0 Å². The van der Waals surface area contributed by atoms with Gasteiger partial charge in [0, 0.05) is 23.4 Å². The maximum absolute atomic E-state index is 13.7. The summed E-state index contributed by atoms with van der Waals surface area (Å²) in [6.07, 6.45) is 0. The Bertz CT molecular complexity index is 630. The second kappa shape index (κ2) is 5.77. The first-order valence-electron chi connectivity index (χ1n) is 6.02. The quantitative estimate of drug-likeness (QED) is 0.872. The molecule has 2 aromatic carbocycles. The van der Waals surface area contributed by atoms with Crippen molar-refractivity contribution in [2.45, 2.75) is 13.5 Å². The van der Waals surface area contributed by atoms with Crippen molar-refractivity contribution in [2.24, 2.45) is 0 Å². The van der Waals surface area contributed by atoms with Crippen LogP contribution in [0.15, 0.2) is 30.3 Å². The molecule has 0 aliphatic carbocycles. The first-order valence-corrected chi connectivity index (χ1v) is 6.02. The summed E-state index contributed by atoms with van der Waals surface area (Å²) in [4.78, 5) is 0. The van der Waals surface area contributed by atoms with Crippen LogP contribution in [0, 0.1) is 18.6 Å². The maximum Gasteiger partial charge on any atom is 0.167 e. The van der Waals surface area contributed by atoms with Crippen molar-refractivity contribution in [3.05, 3.63) is 53.1 Å². The zero-order valence-corrected chi connectivity index (χ0v) is 11.2. The summed E-state index contributed by atoms with van der Waals surface area (Å²) in [5.41, 5.74) is 6.96. The van der Waals surface area contributed by atoms with E-state index in [1.165, 1.54) is 31.4 Å². The summed E-state index contributed by atoms with van der Waals surface area (Å²) in [5.74, 6) is -0.563. The predicted octanol–water partition coefficient (Wildman–Crippen LogP) is 3.44. The molecule has 0 heterocycles. The summed E-state index contributed by atoms with van der Waals surface area (Å²) in [6.45, 7) is 1.67. The molecule has 0 unspecified atom stereocenters. The Morgan fingerprint density at radius 1 is 1.10 bits per heavy atom. The van der Waals surface area contributed by atoms with E-state index in [0.29, 0.717) is 22.6 Å². The smallest absolute Gasteiger partial charge is 0.167 e. The number of nitrogens with two attached hydrogens (primary N) is 1. The largest absolute Gasteiger partial charge is 0.497 e. The Morgan fingerprint density at radius 3 is 2.50 bits per heavy atom. The van der Waals surface area contributed by atoms with Gasteiger partial charge >= 0.3 is 0 Å². The molecule has 2 N–H and O–H groups in total. The standard InChI is InChI=1S/C15H15F2NO2/c1-9-5-15(13(17)7-14(9)18)20-8-10-3-4-11(19-2)6-12(10)16/h3-7H,8,18H2,1-2H3. The lowest BCUT2D eigenvalue weighted by Crippen LogP contribution is -2.02. The number of hydrogen-bond donors (Lipinski definition) is 1. The van der Waals surface area contributed by atoms with E-state index in [-0.39, 0.29) is 12.4 Å². The minimum absolute atomic E-state index is 0.0481. The molecule has 5 heteroatoms. The highest BCUT2D eigenvalue weighted by molar-refractivity contribution is 5.50. The van der Waals surface area contributed by atoms with Crippen molar-refractivity contribution >= 4 is 5.69 Å². The van der Waals surface area contributed by atoms with Gasteiger partial charge in [0.15, 0.2) is 11.6 Å². The van der Waals surface area contributed by atoms with Gasteiger partial charge < -0.3 is 15.2 Å². The van der Waals surface area contributed by atoms with E-state index in [4.69, 9.17) is 15.2 Å². The molecule has 0 atom stereocenters. The molecular formula is C15H15F2NO2. The number of hydrogen-bond acceptors (Lipinski definition) is 3. The van der Waals surface area contributed by atoms with Crippen LogP contribution < -0.4 is 15.2 Å². The fraction of sp³-hybridized carbons (Fsp3) is 0.200. The second-order valence-electron chi connectivity index (χ2n) is 4.39. The Morgan fingerprint density at radius 2 is 1.85 bits per heavy atom. The van der Waals surface area contributed by atoms with Crippen LogP contribution in [0.4, 0.5) is 14.5 Å². The number of methoxy groups -OCH3 is 1. The van der Waals surface area contributed by atoms with Crippen LogP contribution in [0.25, 0.3) is 0 Å². The molecule has 0 fully saturated rings. The van der Waals surface area contributed by atoms with Gasteiger partial charge in [0.05, 0.1) is 7.11 Å². The average molecular weight is 279 g/mol. The summed E-state index contributed by atoms with van der Waals surface area (Å²) in [5, 5.41) is 0. The monoisotopic (exact) mass is 279 g/mol. The molecule has 0 saturated heterocycles. The van der Waals surface area contributed by atoms with Gasteiger partial charge in [0.2, 0.25) is 0 Å². The van der Waals surface area contributed by atoms with E-state index in [1.807, 2.05) is 0 Å².